The number of nitrogens with zero attached hydrogens (tertiary/aromatic N) is 2. The highest BCUT2D eigenvalue weighted by Crippen LogP contribution is 2.21. The zero-order valence-corrected chi connectivity index (χ0v) is 19.9. The molecule has 0 aliphatic carbocycles. The molecular weight excluding hydrogens is 447 g/mol. The quantitative estimate of drug-likeness (QED) is 0.234. The van der Waals surface area contributed by atoms with Crippen LogP contribution < -0.4 is 0 Å². The molecule has 36 heavy (non-hydrogen) atoms. The van der Waals surface area contributed by atoms with E-state index >= 15 is 0 Å². The van der Waals surface area contributed by atoms with Crippen LogP contribution in [0.25, 0.3) is 11.1 Å². The van der Waals surface area contributed by atoms with Gasteiger partial charge in [0.1, 0.15) is 5.82 Å². The Kier molecular flexibility index (Phi) is 7.04. The van der Waals surface area contributed by atoms with Gasteiger partial charge >= 0.3 is 0 Å². The van der Waals surface area contributed by atoms with E-state index in [1.54, 1.807) is 12.1 Å². The highest BCUT2D eigenvalue weighted by atomic mass is 19.1. The van der Waals surface area contributed by atoms with Crippen molar-refractivity contribution < 1.29 is 9.18 Å². The second-order valence-corrected chi connectivity index (χ2v) is 8.85. The molecule has 1 aromatic heterocycles. The van der Waals surface area contributed by atoms with Gasteiger partial charge in [-0.25, -0.2) is 4.39 Å². The molecule has 3 nitrogen and oxygen atoms in total. The lowest BCUT2D eigenvalue weighted by atomic mass is 10.0. The third-order valence-corrected chi connectivity index (χ3v) is 6.26. The third kappa shape index (κ3) is 5.61. The number of hydrogen-bond acceptors (Lipinski definition) is 1. The number of benzene rings is 4. The topological polar surface area (TPSA) is 25.2 Å². The Morgan fingerprint density at radius 1 is 0.667 bits per heavy atom. The van der Waals surface area contributed by atoms with Crippen molar-refractivity contribution in [3.63, 3.8) is 0 Å². The summed E-state index contributed by atoms with van der Waals surface area (Å²) in [6.07, 6.45) is 1.97. The van der Waals surface area contributed by atoms with E-state index in [0.29, 0.717) is 25.2 Å². The number of amides is 1. The minimum atomic E-state index is -0.249. The maximum Gasteiger partial charge on any atom is 0.254 e. The molecule has 0 saturated carbocycles. The Morgan fingerprint density at radius 2 is 1.33 bits per heavy atom. The fraction of sp³-hybridized carbons (Fsp3) is 0.0938. The largest absolute Gasteiger partial charge is 0.345 e. The zero-order chi connectivity index (χ0) is 24.7. The molecule has 1 heterocycles. The van der Waals surface area contributed by atoms with E-state index in [2.05, 4.69) is 16.7 Å². The maximum atomic E-state index is 13.7. The third-order valence-electron chi connectivity index (χ3n) is 6.26. The Bertz CT molecular complexity index is 1430. The van der Waals surface area contributed by atoms with Crippen molar-refractivity contribution in [3.05, 3.63) is 156 Å². The lowest BCUT2D eigenvalue weighted by Gasteiger charge is -2.24. The highest BCUT2D eigenvalue weighted by molar-refractivity contribution is 5.94. The van der Waals surface area contributed by atoms with E-state index in [1.165, 1.54) is 6.07 Å². The molecule has 0 N–H and O–H groups in total. The first kappa shape index (κ1) is 23.3. The van der Waals surface area contributed by atoms with Crippen LogP contribution in [0.4, 0.5) is 4.39 Å². The molecule has 0 fully saturated rings. The Morgan fingerprint density at radius 3 is 2.06 bits per heavy atom. The van der Waals surface area contributed by atoms with Gasteiger partial charge in [0, 0.05) is 30.5 Å². The van der Waals surface area contributed by atoms with Gasteiger partial charge in [-0.15, -0.1) is 0 Å². The van der Waals surface area contributed by atoms with Crippen LogP contribution in [0.2, 0.25) is 0 Å². The van der Waals surface area contributed by atoms with Crippen LogP contribution in [0.5, 0.6) is 0 Å². The monoisotopic (exact) mass is 474 g/mol. The maximum absolute atomic E-state index is 13.7. The Labute approximate surface area is 211 Å². The molecule has 0 bridgehead atoms. The fourth-order valence-corrected chi connectivity index (χ4v) is 4.40. The molecule has 0 radical (unpaired) electrons. The normalized spacial score (nSPS) is 10.8. The summed E-state index contributed by atoms with van der Waals surface area (Å²) in [6.45, 7) is 1.47. The summed E-state index contributed by atoms with van der Waals surface area (Å²) >= 11 is 0. The minimum absolute atomic E-state index is 0.0306. The van der Waals surface area contributed by atoms with Crippen LogP contribution in [-0.4, -0.2) is 15.4 Å². The predicted octanol–water partition coefficient (Wildman–Crippen LogP) is 7.19. The molecule has 0 aliphatic heterocycles. The molecule has 5 aromatic rings. The van der Waals surface area contributed by atoms with Gasteiger partial charge in [-0.2, -0.15) is 0 Å². The molecule has 0 unspecified atom stereocenters. The standard InChI is InChI=1S/C32H27FN2O/c33-30-14-7-11-26(21-30)23-34-20-8-15-31(34)24-35(22-25-9-3-1-4-10-25)32(36)29-18-16-28(17-19-29)27-12-5-2-6-13-27/h1-21H,22-24H2. The molecule has 4 aromatic carbocycles. The van der Waals surface area contributed by atoms with Gasteiger partial charge in [0.05, 0.1) is 6.54 Å². The number of aromatic nitrogens is 1. The van der Waals surface area contributed by atoms with Gasteiger partial charge < -0.3 is 9.47 Å². The minimum Gasteiger partial charge on any atom is -0.345 e. The number of hydrogen-bond donors (Lipinski definition) is 0. The Balaban J connectivity index is 1.40. The molecule has 5 rings (SSSR count). The van der Waals surface area contributed by atoms with Crippen molar-refractivity contribution in [2.45, 2.75) is 19.6 Å². The van der Waals surface area contributed by atoms with Crippen LogP contribution in [-0.2, 0) is 19.6 Å². The molecule has 0 aliphatic rings. The molecule has 0 spiro atoms. The summed E-state index contributed by atoms with van der Waals surface area (Å²) in [5.41, 5.74) is 5.77. The first-order valence-corrected chi connectivity index (χ1v) is 12.0. The number of carbonyl (C=O) groups excluding carboxylic acids is 1. The van der Waals surface area contributed by atoms with Gasteiger partial charge in [0.15, 0.2) is 0 Å². The van der Waals surface area contributed by atoms with Crippen LogP contribution >= 0.6 is 0 Å². The van der Waals surface area contributed by atoms with E-state index in [0.717, 1.165) is 27.9 Å². The van der Waals surface area contributed by atoms with Crippen LogP contribution in [0.1, 0.15) is 27.2 Å². The van der Waals surface area contributed by atoms with E-state index < -0.39 is 0 Å². The lowest BCUT2D eigenvalue weighted by Crippen LogP contribution is -2.31. The van der Waals surface area contributed by atoms with Gasteiger partial charge in [-0.3, -0.25) is 4.79 Å². The van der Waals surface area contributed by atoms with E-state index in [1.807, 2.05) is 102 Å². The SMILES string of the molecule is O=C(c1ccc(-c2ccccc2)cc1)N(Cc1ccccc1)Cc1cccn1Cc1cccc(F)c1. The second-order valence-electron chi connectivity index (χ2n) is 8.85. The number of rotatable bonds is 8. The van der Waals surface area contributed by atoms with Gasteiger partial charge in [0.25, 0.3) is 5.91 Å². The molecule has 178 valence electrons. The van der Waals surface area contributed by atoms with E-state index in [9.17, 15) is 9.18 Å². The molecular formula is C32H27FN2O. The van der Waals surface area contributed by atoms with Crippen molar-refractivity contribution in [1.29, 1.82) is 0 Å². The van der Waals surface area contributed by atoms with Gasteiger partial charge in [-0.05, 0) is 58.7 Å². The summed E-state index contributed by atoms with van der Waals surface area (Å²) in [6, 6.07) is 38.5. The van der Waals surface area contributed by atoms with Crippen molar-refractivity contribution in [3.8, 4) is 11.1 Å². The number of halogens is 1. The summed E-state index contributed by atoms with van der Waals surface area (Å²) in [4.78, 5) is 15.6. The molecule has 0 atom stereocenters. The number of carbonyl (C=O) groups is 1. The summed E-state index contributed by atoms with van der Waals surface area (Å²) in [5.74, 6) is -0.280. The zero-order valence-electron chi connectivity index (χ0n) is 19.9. The predicted molar refractivity (Wildman–Crippen MR) is 142 cm³/mol. The Hall–Kier alpha value is -4.44. The molecule has 0 saturated heterocycles. The highest BCUT2D eigenvalue weighted by Gasteiger charge is 2.18. The van der Waals surface area contributed by atoms with Gasteiger partial charge in [0.2, 0.25) is 0 Å². The van der Waals surface area contributed by atoms with Crippen LogP contribution in [0.15, 0.2) is 128 Å². The average Bonchev–Trinajstić information content (AvgIpc) is 3.35. The first-order chi connectivity index (χ1) is 17.7. The van der Waals surface area contributed by atoms with Crippen LogP contribution in [0, 0.1) is 5.82 Å². The smallest absolute Gasteiger partial charge is 0.254 e. The summed E-state index contributed by atoms with van der Waals surface area (Å²) in [5, 5.41) is 0. The van der Waals surface area contributed by atoms with E-state index in [-0.39, 0.29) is 11.7 Å². The van der Waals surface area contributed by atoms with E-state index in [4.69, 9.17) is 0 Å². The van der Waals surface area contributed by atoms with Crippen molar-refractivity contribution >= 4 is 5.91 Å². The van der Waals surface area contributed by atoms with Gasteiger partial charge in [-0.1, -0.05) is 84.9 Å². The second kappa shape index (κ2) is 10.9. The van der Waals surface area contributed by atoms with Crippen molar-refractivity contribution in [2.24, 2.45) is 0 Å². The summed E-state index contributed by atoms with van der Waals surface area (Å²) < 4.78 is 15.8. The average molecular weight is 475 g/mol. The van der Waals surface area contributed by atoms with Crippen molar-refractivity contribution in [1.82, 2.24) is 9.47 Å². The molecule has 1 amide bonds. The summed E-state index contributed by atoms with van der Waals surface area (Å²) in [7, 11) is 0. The van der Waals surface area contributed by atoms with Crippen molar-refractivity contribution in [2.75, 3.05) is 0 Å². The molecule has 4 heteroatoms. The fourth-order valence-electron chi connectivity index (χ4n) is 4.40. The lowest BCUT2D eigenvalue weighted by molar-refractivity contribution is 0.0726. The first-order valence-electron chi connectivity index (χ1n) is 12.0. The van der Waals surface area contributed by atoms with Crippen LogP contribution in [0.3, 0.4) is 0 Å².